The Balaban J connectivity index is 1.18. The average Bonchev–Trinajstić information content (AvgIpc) is 3.28. The Kier molecular flexibility index (Phi) is 6.48. The molecule has 3 aliphatic heterocycles. The molecule has 2 aromatic rings. The lowest BCUT2D eigenvalue weighted by Crippen LogP contribution is -2.68. The minimum atomic E-state index is -0.332. The van der Waals surface area contributed by atoms with Gasteiger partial charge in [0.1, 0.15) is 17.4 Å². The summed E-state index contributed by atoms with van der Waals surface area (Å²) in [5.74, 6) is -0.278. The van der Waals surface area contributed by atoms with Crippen LogP contribution in [0, 0.1) is 11.7 Å². The Bertz CT molecular complexity index is 1060. The first-order valence-corrected chi connectivity index (χ1v) is 12.3. The van der Waals surface area contributed by atoms with Gasteiger partial charge in [0.15, 0.2) is 0 Å². The van der Waals surface area contributed by atoms with Crippen LogP contribution in [0.25, 0.3) is 5.57 Å². The fraction of sp³-hybridized carbons (Fsp3) is 0.360. The molecule has 2 aromatic carbocycles. The Morgan fingerprint density at radius 3 is 2.58 bits per heavy atom. The highest BCUT2D eigenvalue weighted by Crippen LogP contribution is 2.39. The van der Waals surface area contributed by atoms with Gasteiger partial charge in [-0.3, -0.25) is 19.8 Å². The normalized spacial score (nSPS) is 25.8. The number of nitrogens with zero attached hydrogens (tertiary/aromatic N) is 1. The van der Waals surface area contributed by atoms with Crippen molar-refractivity contribution >= 4 is 29.1 Å². The Morgan fingerprint density at radius 2 is 1.82 bits per heavy atom. The monoisotopic (exact) mass is 466 g/mol. The van der Waals surface area contributed by atoms with E-state index in [-0.39, 0.29) is 41.1 Å². The molecule has 172 valence electrons. The number of carbonyl (C=O) groups is 2. The summed E-state index contributed by atoms with van der Waals surface area (Å²) < 4.78 is 14.4. The zero-order valence-electron chi connectivity index (χ0n) is 18.2. The molecule has 8 heteroatoms. The highest BCUT2D eigenvalue weighted by Gasteiger charge is 2.44. The Labute approximate surface area is 197 Å². The number of amides is 2. The lowest BCUT2D eigenvalue weighted by molar-refractivity contribution is -0.129. The van der Waals surface area contributed by atoms with Crippen LogP contribution in [0.1, 0.15) is 24.0 Å². The average molecular weight is 467 g/mol. The zero-order valence-corrected chi connectivity index (χ0v) is 19.0. The molecule has 0 radical (unpaired) electrons. The largest absolute Gasteiger partial charge is 0.352 e. The van der Waals surface area contributed by atoms with Crippen LogP contribution in [0.5, 0.6) is 0 Å². The molecule has 3 heterocycles. The smallest absolute Gasteiger partial charge is 0.237 e. The number of nitrogens with one attached hydrogen (secondary N) is 3. The van der Waals surface area contributed by atoms with Crippen molar-refractivity contribution in [2.45, 2.75) is 37.0 Å². The highest BCUT2D eigenvalue weighted by atomic mass is 32.2. The van der Waals surface area contributed by atoms with E-state index in [1.54, 1.807) is 12.1 Å². The lowest BCUT2D eigenvalue weighted by atomic mass is 9.94. The van der Waals surface area contributed by atoms with Crippen molar-refractivity contribution in [1.29, 1.82) is 0 Å². The predicted molar refractivity (Wildman–Crippen MR) is 127 cm³/mol. The third-order valence-corrected chi connectivity index (χ3v) is 7.78. The van der Waals surface area contributed by atoms with Crippen molar-refractivity contribution in [1.82, 2.24) is 20.9 Å². The third-order valence-electron chi connectivity index (χ3n) is 6.61. The van der Waals surface area contributed by atoms with Crippen molar-refractivity contribution in [3.8, 4) is 0 Å². The first kappa shape index (κ1) is 22.1. The van der Waals surface area contributed by atoms with Gasteiger partial charge >= 0.3 is 0 Å². The van der Waals surface area contributed by atoms with E-state index in [4.69, 9.17) is 0 Å². The molecular weight excluding hydrogens is 439 g/mol. The van der Waals surface area contributed by atoms with Gasteiger partial charge < -0.3 is 10.6 Å². The van der Waals surface area contributed by atoms with Crippen LogP contribution in [0.3, 0.4) is 0 Å². The molecule has 33 heavy (non-hydrogen) atoms. The Morgan fingerprint density at radius 1 is 1.09 bits per heavy atom. The molecule has 2 amide bonds. The molecule has 0 aliphatic carbocycles. The van der Waals surface area contributed by atoms with Gasteiger partial charge in [0.05, 0.1) is 6.04 Å². The van der Waals surface area contributed by atoms with Gasteiger partial charge in [0, 0.05) is 31.1 Å². The zero-order chi connectivity index (χ0) is 22.8. The van der Waals surface area contributed by atoms with Gasteiger partial charge in [-0.05, 0) is 35.5 Å². The molecule has 3 N–H and O–H groups in total. The molecule has 3 atom stereocenters. The number of halogens is 1. The van der Waals surface area contributed by atoms with Crippen molar-refractivity contribution in [2.75, 3.05) is 13.1 Å². The van der Waals surface area contributed by atoms with E-state index in [0.717, 1.165) is 24.0 Å². The van der Waals surface area contributed by atoms with E-state index in [1.807, 2.05) is 41.8 Å². The van der Waals surface area contributed by atoms with Crippen molar-refractivity contribution in [3.05, 3.63) is 76.9 Å². The van der Waals surface area contributed by atoms with Crippen molar-refractivity contribution < 1.29 is 14.0 Å². The predicted octanol–water partition coefficient (Wildman–Crippen LogP) is 2.68. The second-order valence-electron chi connectivity index (χ2n) is 8.68. The molecule has 0 aromatic heterocycles. The first-order chi connectivity index (χ1) is 16.1. The lowest BCUT2D eigenvalue weighted by Gasteiger charge is -2.43. The molecule has 3 unspecified atom stereocenters. The summed E-state index contributed by atoms with van der Waals surface area (Å²) in [4.78, 5) is 27.6. The summed E-state index contributed by atoms with van der Waals surface area (Å²) in [6, 6.07) is 16.3. The molecule has 3 aliphatic rings. The quantitative estimate of drug-likeness (QED) is 0.632. The third kappa shape index (κ3) is 4.69. The maximum atomic E-state index is 14.4. The second-order valence-corrected chi connectivity index (χ2v) is 9.69. The molecule has 0 bridgehead atoms. The molecule has 2 saturated heterocycles. The van der Waals surface area contributed by atoms with E-state index in [2.05, 4.69) is 20.9 Å². The van der Waals surface area contributed by atoms with E-state index in [9.17, 15) is 14.0 Å². The van der Waals surface area contributed by atoms with Gasteiger partial charge in [-0.2, -0.15) is 0 Å². The molecule has 0 saturated carbocycles. The van der Waals surface area contributed by atoms with E-state index >= 15 is 0 Å². The summed E-state index contributed by atoms with van der Waals surface area (Å²) in [5.41, 5.74) is 2.44. The van der Waals surface area contributed by atoms with Crippen LogP contribution in [-0.2, 0) is 16.1 Å². The molecule has 6 nitrogen and oxygen atoms in total. The number of fused-ring (bicyclic) bond motifs is 1. The topological polar surface area (TPSA) is 73.5 Å². The number of rotatable bonds is 5. The number of piperidine rings is 1. The minimum Gasteiger partial charge on any atom is -0.352 e. The van der Waals surface area contributed by atoms with Crippen molar-refractivity contribution in [2.24, 2.45) is 5.92 Å². The number of likely N-dealkylation sites (tertiary alicyclic amines) is 1. The maximum absolute atomic E-state index is 14.4. The fourth-order valence-electron chi connectivity index (χ4n) is 4.75. The fourth-order valence-corrected chi connectivity index (χ4v) is 5.89. The standard InChI is InChI=1S/C25H27FN4O2S/c26-20-9-5-4-8-18(20)19-15-33-22-21(19)28-25(29-24(22)32)30-12-10-17(11-13-30)23(31)27-14-16-6-2-1-3-7-16/h1-9,15,17,21-22,25,28H,10-14H2,(H,27,31)(H,29,32). The number of benzene rings is 2. The van der Waals surface area contributed by atoms with Gasteiger partial charge in [0.2, 0.25) is 11.8 Å². The van der Waals surface area contributed by atoms with Crippen LogP contribution in [-0.4, -0.2) is 47.4 Å². The van der Waals surface area contributed by atoms with E-state index in [0.29, 0.717) is 25.2 Å². The number of hydrogen-bond acceptors (Lipinski definition) is 5. The second kappa shape index (κ2) is 9.67. The van der Waals surface area contributed by atoms with Gasteiger partial charge in [-0.1, -0.05) is 48.5 Å². The van der Waals surface area contributed by atoms with Crippen LogP contribution in [0.2, 0.25) is 0 Å². The minimum absolute atomic E-state index is 0.0343. The SMILES string of the molecule is O=C(NCc1ccccc1)C1CCN(C2NC(=O)C3SC=C(c4ccccc4F)C3N2)CC1. The summed E-state index contributed by atoms with van der Waals surface area (Å²) in [5, 5.41) is 11.2. The molecule has 2 fully saturated rings. The van der Waals surface area contributed by atoms with Crippen LogP contribution in [0.4, 0.5) is 4.39 Å². The van der Waals surface area contributed by atoms with E-state index in [1.165, 1.54) is 17.8 Å². The van der Waals surface area contributed by atoms with Crippen LogP contribution >= 0.6 is 11.8 Å². The molecular formula is C25H27FN4O2S. The van der Waals surface area contributed by atoms with Gasteiger partial charge in [-0.25, -0.2) is 4.39 Å². The summed E-state index contributed by atoms with van der Waals surface area (Å²) in [6.07, 6.45) is 1.13. The van der Waals surface area contributed by atoms with Crippen LogP contribution < -0.4 is 16.0 Å². The van der Waals surface area contributed by atoms with Crippen LogP contribution in [0.15, 0.2) is 60.0 Å². The molecule has 5 rings (SSSR count). The molecule has 0 spiro atoms. The maximum Gasteiger partial charge on any atom is 0.237 e. The summed E-state index contributed by atoms with van der Waals surface area (Å²) in [7, 11) is 0. The number of carbonyl (C=O) groups excluding carboxylic acids is 2. The van der Waals surface area contributed by atoms with Crippen molar-refractivity contribution in [3.63, 3.8) is 0 Å². The summed E-state index contributed by atoms with van der Waals surface area (Å²) in [6.45, 7) is 1.93. The van der Waals surface area contributed by atoms with Gasteiger partial charge in [0.25, 0.3) is 0 Å². The Hall–Kier alpha value is -2.68. The van der Waals surface area contributed by atoms with Gasteiger partial charge in [-0.15, -0.1) is 11.8 Å². The summed E-state index contributed by atoms with van der Waals surface area (Å²) >= 11 is 1.43. The first-order valence-electron chi connectivity index (χ1n) is 11.3. The van der Waals surface area contributed by atoms with E-state index < -0.39 is 0 Å². The highest BCUT2D eigenvalue weighted by molar-refractivity contribution is 8.04. The number of thioether (sulfide) groups is 1. The number of hydrogen-bond donors (Lipinski definition) is 3.